The second kappa shape index (κ2) is 8.49. The number of amidine groups is 2. The molecule has 8 bridgehead atoms. The summed E-state index contributed by atoms with van der Waals surface area (Å²) in [5.41, 5.74) is 30.4. The molecule has 3 aromatic heterocycles. The van der Waals surface area contributed by atoms with Crippen molar-refractivity contribution in [2.45, 2.75) is 0 Å². The normalized spacial score (nSPS) is 16.5. The van der Waals surface area contributed by atoms with Gasteiger partial charge in [-0.1, -0.05) is 12.1 Å². The van der Waals surface area contributed by atoms with Crippen LogP contribution in [0.15, 0.2) is 92.8 Å². The Balaban J connectivity index is 1.44. The minimum absolute atomic E-state index is 0.477. The van der Waals surface area contributed by atoms with Gasteiger partial charge in [0.15, 0.2) is 5.84 Å². The van der Waals surface area contributed by atoms with Gasteiger partial charge in [0.25, 0.3) is 0 Å². The van der Waals surface area contributed by atoms with E-state index in [0.29, 0.717) is 68.7 Å². The molecule has 0 amide bonds. The van der Waals surface area contributed by atoms with Crippen molar-refractivity contribution in [3.63, 3.8) is 0 Å². The molecule has 44 heavy (non-hydrogen) atoms. The van der Waals surface area contributed by atoms with Gasteiger partial charge in [-0.3, -0.25) is 0 Å². The van der Waals surface area contributed by atoms with E-state index in [1.165, 1.54) is 0 Å². The van der Waals surface area contributed by atoms with Gasteiger partial charge in [-0.15, -0.1) is 0 Å². The molecule has 9 rings (SSSR count). The van der Waals surface area contributed by atoms with Gasteiger partial charge in [0, 0.05) is 60.8 Å². The van der Waals surface area contributed by atoms with E-state index in [1.54, 1.807) is 0 Å². The Morgan fingerprint density at radius 2 is 1.20 bits per heavy atom. The van der Waals surface area contributed by atoms with Crippen LogP contribution in [0.1, 0.15) is 11.1 Å². The molecule has 12 heteroatoms. The van der Waals surface area contributed by atoms with E-state index in [0.717, 1.165) is 43.4 Å². The molecule has 212 valence electrons. The Labute approximate surface area is 247 Å². The number of rotatable bonds is 0. The summed E-state index contributed by atoms with van der Waals surface area (Å²) in [7, 11) is 0. The van der Waals surface area contributed by atoms with Crippen LogP contribution >= 0.6 is 0 Å². The zero-order valence-electron chi connectivity index (χ0n) is 23.0. The predicted molar refractivity (Wildman–Crippen MR) is 177 cm³/mol. The topological polar surface area (TPSA) is 213 Å². The first-order chi connectivity index (χ1) is 21.4. The van der Waals surface area contributed by atoms with E-state index in [9.17, 15) is 0 Å². The lowest BCUT2D eigenvalue weighted by atomic mass is 10.1. The Morgan fingerprint density at radius 3 is 2.05 bits per heavy atom. The van der Waals surface area contributed by atoms with Crippen LogP contribution in [0.2, 0.25) is 0 Å². The zero-order chi connectivity index (χ0) is 29.7. The summed E-state index contributed by atoms with van der Waals surface area (Å²) in [5.74, 6) is 3.50. The lowest BCUT2D eigenvalue weighted by molar-refractivity contribution is 1.11. The third-order valence-electron chi connectivity index (χ3n) is 8.09. The van der Waals surface area contributed by atoms with Crippen LogP contribution in [0.25, 0.3) is 32.3 Å². The van der Waals surface area contributed by atoms with Crippen LogP contribution in [-0.2, 0) is 0 Å². The number of nitrogens with two attached hydrogens (primary N) is 4. The minimum Gasteiger partial charge on any atom is -0.399 e. The molecule has 5 heterocycles. The molecule has 2 aliphatic heterocycles. The fraction of sp³-hybridized carbons (Fsp3) is 0. The predicted octanol–water partition coefficient (Wildman–Crippen LogP) is 4.63. The molecular formula is C32H24N12. The Kier molecular flexibility index (Phi) is 4.64. The molecule has 2 aliphatic rings. The number of anilines is 5. The number of nitrogens with zero attached hydrogens (tertiary/aromatic N) is 4. The van der Waals surface area contributed by atoms with E-state index < -0.39 is 0 Å². The van der Waals surface area contributed by atoms with Gasteiger partial charge in [0.1, 0.15) is 40.1 Å². The van der Waals surface area contributed by atoms with Crippen molar-refractivity contribution in [3.05, 3.63) is 94.9 Å². The van der Waals surface area contributed by atoms with Gasteiger partial charge in [-0.25, -0.2) is 20.0 Å². The van der Waals surface area contributed by atoms with Gasteiger partial charge >= 0.3 is 0 Å². The summed E-state index contributed by atoms with van der Waals surface area (Å²) in [5, 5.41) is 8.45. The van der Waals surface area contributed by atoms with Crippen LogP contribution in [-0.4, -0.2) is 26.6 Å². The lowest BCUT2D eigenvalue weighted by Crippen LogP contribution is -2.12. The number of hydrogen-bond acceptors (Lipinski definition) is 9. The molecule has 0 aliphatic carbocycles. The average molecular weight is 577 g/mol. The second-order valence-electron chi connectivity index (χ2n) is 10.9. The number of H-pyrrole nitrogens is 3. The van der Waals surface area contributed by atoms with Crippen molar-refractivity contribution >= 4 is 90.0 Å². The summed E-state index contributed by atoms with van der Waals surface area (Å²) in [4.78, 5) is 30.3. The maximum atomic E-state index is 6.51. The molecule has 7 aromatic rings. The summed E-state index contributed by atoms with van der Waals surface area (Å²) >= 11 is 0. The number of nitrogen functional groups attached to an aromatic ring is 4. The summed E-state index contributed by atoms with van der Waals surface area (Å²) < 4.78 is 0. The number of hydrogen-bond donors (Lipinski definition) is 8. The first kappa shape index (κ1) is 24.1. The molecule has 0 atom stereocenters. The highest BCUT2D eigenvalue weighted by Gasteiger charge is 2.25. The highest BCUT2D eigenvalue weighted by Crippen LogP contribution is 2.39. The van der Waals surface area contributed by atoms with Gasteiger partial charge in [0.2, 0.25) is 0 Å². The van der Waals surface area contributed by atoms with Crippen LogP contribution in [0.5, 0.6) is 0 Å². The summed E-state index contributed by atoms with van der Waals surface area (Å²) in [6.07, 6.45) is 0. The van der Waals surface area contributed by atoms with Crippen LogP contribution in [0.4, 0.5) is 46.0 Å². The van der Waals surface area contributed by atoms with Gasteiger partial charge < -0.3 is 43.2 Å². The van der Waals surface area contributed by atoms with Crippen molar-refractivity contribution in [1.29, 1.82) is 0 Å². The van der Waals surface area contributed by atoms with Crippen LogP contribution in [0, 0.1) is 0 Å². The van der Waals surface area contributed by atoms with Crippen LogP contribution in [0.3, 0.4) is 0 Å². The van der Waals surface area contributed by atoms with Crippen molar-refractivity contribution in [3.8, 4) is 0 Å². The first-order valence-electron chi connectivity index (χ1n) is 13.9. The fourth-order valence-electron chi connectivity index (χ4n) is 6.06. The van der Waals surface area contributed by atoms with E-state index in [-0.39, 0.29) is 0 Å². The summed E-state index contributed by atoms with van der Waals surface area (Å²) in [6, 6.07) is 22.7. The molecule has 0 unspecified atom stereocenters. The number of benzene rings is 4. The Bertz CT molecular complexity index is 2580. The quantitative estimate of drug-likeness (QED) is 0.121. The maximum Gasteiger partial charge on any atom is 0.164 e. The van der Waals surface area contributed by atoms with Crippen molar-refractivity contribution < 1.29 is 0 Å². The molecule has 0 spiro atoms. The lowest BCUT2D eigenvalue weighted by Gasteiger charge is -2.06. The second-order valence-corrected chi connectivity index (χ2v) is 10.9. The van der Waals surface area contributed by atoms with Crippen molar-refractivity contribution in [2.24, 2.45) is 20.0 Å². The molecule has 0 radical (unpaired) electrons. The highest BCUT2D eigenvalue weighted by atomic mass is 15.1. The SMILES string of the molecule is Nc1ccc2c(c1)/C1=N/c3[nH]c(c4cccc(N)c34)/N=c3\[nH]/c(c4ccc(N)cc34)=N\c3[nH]c(c4ccc(N)cc34)NC2=N1. The molecule has 0 fully saturated rings. The average Bonchev–Trinajstić information content (AvgIpc) is 3.72. The molecule has 0 saturated heterocycles. The minimum atomic E-state index is 0.477. The van der Waals surface area contributed by atoms with Gasteiger partial charge in [0.05, 0.1) is 5.39 Å². The molecule has 4 aromatic carbocycles. The third-order valence-corrected chi connectivity index (χ3v) is 8.09. The number of nitrogens with one attached hydrogen (secondary N) is 4. The Hall–Kier alpha value is -6.56. The molecule has 12 nitrogen and oxygen atoms in total. The molecular weight excluding hydrogens is 552 g/mol. The van der Waals surface area contributed by atoms with E-state index >= 15 is 0 Å². The van der Waals surface area contributed by atoms with Crippen molar-refractivity contribution in [2.75, 3.05) is 28.3 Å². The first-order valence-corrected chi connectivity index (χ1v) is 13.9. The number of aliphatic imine (C=N–C) groups is 2. The van der Waals surface area contributed by atoms with Gasteiger partial charge in [-0.2, -0.15) is 0 Å². The van der Waals surface area contributed by atoms with Gasteiger partial charge in [-0.05, 0) is 60.7 Å². The largest absolute Gasteiger partial charge is 0.399 e. The fourth-order valence-corrected chi connectivity index (χ4v) is 6.06. The number of aromatic amines is 3. The van der Waals surface area contributed by atoms with E-state index in [1.807, 2.05) is 72.8 Å². The van der Waals surface area contributed by atoms with Crippen LogP contribution < -0.4 is 39.2 Å². The maximum absolute atomic E-state index is 6.51. The third kappa shape index (κ3) is 3.45. The van der Waals surface area contributed by atoms with Crippen molar-refractivity contribution in [1.82, 2.24) is 15.0 Å². The molecule has 12 N–H and O–H groups in total. The molecule has 0 saturated carbocycles. The monoisotopic (exact) mass is 576 g/mol. The Morgan fingerprint density at radius 1 is 0.500 bits per heavy atom. The number of fused-ring (bicyclic) bond motifs is 19. The van der Waals surface area contributed by atoms with E-state index in [2.05, 4.69) is 20.3 Å². The zero-order valence-corrected chi connectivity index (χ0v) is 23.0. The highest BCUT2D eigenvalue weighted by molar-refractivity contribution is 6.28. The summed E-state index contributed by atoms with van der Waals surface area (Å²) in [6.45, 7) is 0. The standard InChI is InChI=1S/C32H24N12/c33-13-4-7-16-20(10-13)29-38-25(16)37-26-18-9-6-15(35)12-22(18)31(41-26)44-32-24-19(2-1-3-23(24)36)28(43-32)42-30-21-11-14(34)5-8-17(21)27(39-29)40-30/h1-12H,33-36H2,(H4,37,38,39,40,41,42,43,44). The smallest absolute Gasteiger partial charge is 0.164 e. The number of aromatic nitrogens is 3. The van der Waals surface area contributed by atoms with E-state index in [4.69, 9.17) is 42.9 Å².